The maximum Gasteiger partial charge on any atom is 0.408 e. The molecule has 0 fully saturated rings. The largest absolute Gasteiger partial charge is 0.497 e. The fourth-order valence-electron chi connectivity index (χ4n) is 2.76. The molecule has 0 bridgehead atoms. The predicted molar refractivity (Wildman–Crippen MR) is 123 cm³/mol. The summed E-state index contributed by atoms with van der Waals surface area (Å²) in [7, 11) is 1.57. The number of carbonyl (C=O) groups excluding carboxylic acids is 3. The van der Waals surface area contributed by atoms with Gasteiger partial charge in [0.15, 0.2) is 5.78 Å². The molecule has 1 N–H and O–H groups in total. The molecule has 0 saturated carbocycles. The lowest BCUT2D eigenvalue weighted by atomic mass is 10.1. The molecule has 8 heteroatoms. The highest BCUT2D eigenvalue weighted by molar-refractivity contribution is 5.94. The summed E-state index contributed by atoms with van der Waals surface area (Å²) in [5.41, 5.74) is 0.646. The van der Waals surface area contributed by atoms with E-state index in [4.69, 9.17) is 18.9 Å². The minimum atomic E-state index is -0.963. The Morgan fingerprint density at radius 3 is 2.09 bits per heavy atom. The first-order valence-electron chi connectivity index (χ1n) is 10.6. The van der Waals surface area contributed by atoms with Crippen LogP contribution in [-0.2, 0) is 20.9 Å². The van der Waals surface area contributed by atoms with Crippen LogP contribution in [0.15, 0.2) is 48.5 Å². The lowest BCUT2D eigenvalue weighted by Crippen LogP contribution is -2.45. The zero-order valence-electron chi connectivity index (χ0n) is 19.7. The monoisotopic (exact) mass is 457 g/mol. The van der Waals surface area contributed by atoms with Crippen LogP contribution in [0.25, 0.3) is 0 Å². The van der Waals surface area contributed by atoms with Gasteiger partial charge >= 0.3 is 12.1 Å². The van der Waals surface area contributed by atoms with Gasteiger partial charge in [0, 0.05) is 12.0 Å². The fraction of sp³-hybridized carbons (Fsp3) is 0.400. The number of benzene rings is 2. The first-order valence-corrected chi connectivity index (χ1v) is 10.6. The second kappa shape index (κ2) is 11.9. The molecule has 0 aromatic heterocycles. The van der Waals surface area contributed by atoms with Gasteiger partial charge < -0.3 is 24.3 Å². The van der Waals surface area contributed by atoms with Gasteiger partial charge in [0.1, 0.15) is 29.7 Å². The average Bonchev–Trinajstić information content (AvgIpc) is 2.76. The summed E-state index contributed by atoms with van der Waals surface area (Å²) in [6, 6.07) is 12.8. The number of alkyl carbamates (subject to hydrolysis) is 1. The van der Waals surface area contributed by atoms with Crippen LogP contribution in [0, 0.1) is 0 Å². The molecular formula is C25H31NO7. The van der Waals surface area contributed by atoms with Crippen molar-refractivity contribution in [3.05, 3.63) is 59.7 Å². The van der Waals surface area contributed by atoms with Crippen LogP contribution < -0.4 is 14.8 Å². The van der Waals surface area contributed by atoms with Crippen LogP contribution >= 0.6 is 0 Å². The Hall–Kier alpha value is -3.55. The number of rotatable bonds is 10. The smallest absolute Gasteiger partial charge is 0.408 e. The third kappa shape index (κ3) is 9.22. The van der Waals surface area contributed by atoms with Crippen LogP contribution in [0.3, 0.4) is 0 Å². The third-order valence-electron chi connectivity index (χ3n) is 4.45. The van der Waals surface area contributed by atoms with E-state index < -0.39 is 23.7 Å². The van der Waals surface area contributed by atoms with Crippen LogP contribution in [-0.4, -0.2) is 43.2 Å². The molecule has 2 rings (SSSR count). The molecule has 0 aliphatic heterocycles. The lowest BCUT2D eigenvalue weighted by molar-refractivity contribution is -0.147. The van der Waals surface area contributed by atoms with Crippen molar-refractivity contribution in [2.75, 3.05) is 13.7 Å². The van der Waals surface area contributed by atoms with Crippen molar-refractivity contribution < 1.29 is 33.3 Å². The highest BCUT2D eigenvalue weighted by Crippen LogP contribution is 2.15. The summed E-state index contributed by atoms with van der Waals surface area (Å²) in [4.78, 5) is 36.3. The van der Waals surface area contributed by atoms with E-state index in [1.807, 2.05) is 0 Å². The van der Waals surface area contributed by atoms with Gasteiger partial charge in [-0.2, -0.15) is 0 Å². The maximum atomic E-state index is 12.7. The van der Waals surface area contributed by atoms with Crippen LogP contribution in [0.2, 0.25) is 0 Å². The highest BCUT2D eigenvalue weighted by Gasteiger charge is 2.25. The van der Waals surface area contributed by atoms with Crippen molar-refractivity contribution in [3.63, 3.8) is 0 Å². The number of nitrogens with one attached hydrogen (secondary N) is 1. The van der Waals surface area contributed by atoms with E-state index in [1.165, 1.54) is 6.92 Å². The molecule has 0 spiro atoms. The summed E-state index contributed by atoms with van der Waals surface area (Å²) in [6.45, 7) is 6.87. The predicted octanol–water partition coefficient (Wildman–Crippen LogP) is 4.30. The molecule has 0 heterocycles. The van der Waals surface area contributed by atoms with Crippen LogP contribution in [0.1, 0.15) is 50.0 Å². The summed E-state index contributed by atoms with van der Waals surface area (Å²) >= 11 is 0. The average molecular weight is 458 g/mol. The SMILES string of the molecule is COc1ccc(COC(=O)C(CCOc2ccc(C(C)=O)cc2)NC(=O)OC(C)(C)C)cc1. The van der Waals surface area contributed by atoms with Gasteiger partial charge in [-0.15, -0.1) is 0 Å². The molecule has 0 aliphatic carbocycles. The molecule has 0 radical (unpaired) electrons. The third-order valence-corrected chi connectivity index (χ3v) is 4.45. The van der Waals surface area contributed by atoms with E-state index in [0.717, 1.165) is 5.56 Å². The minimum absolute atomic E-state index is 0.0391. The molecule has 2 aromatic rings. The standard InChI is InChI=1S/C25H31NO7/c1-17(27)19-8-12-21(13-9-19)31-15-14-22(26-24(29)33-25(2,3)4)23(28)32-16-18-6-10-20(30-5)11-7-18/h6-13,22H,14-16H2,1-5H3,(H,26,29). The number of methoxy groups -OCH3 is 1. The Labute approximate surface area is 194 Å². The molecule has 0 aliphatic rings. The zero-order valence-corrected chi connectivity index (χ0v) is 19.7. The van der Waals surface area contributed by atoms with Gasteiger partial charge in [0.25, 0.3) is 0 Å². The fourth-order valence-corrected chi connectivity index (χ4v) is 2.76. The van der Waals surface area contributed by atoms with Gasteiger partial charge in [0.05, 0.1) is 13.7 Å². The maximum absolute atomic E-state index is 12.7. The number of hydrogen-bond donors (Lipinski definition) is 1. The quantitative estimate of drug-likeness (QED) is 0.419. The summed E-state index contributed by atoms with van der Waals surface area (Å²) < 4.78 is 21.4. The molecule has 1 unspecified atom stereocenters. The first-order chi connectivity index (χ1) is 15.6. The van der Waals surface area contributed by atoms with Crippen molar-refractivity contribution >= 4 is 17.8 Å². The normalized spacial score (nSPS) is 11.8. The summed E-state index contributed by atoms with van der Waals surface area (Å²) in [5, 5.41) is 2.56. The van der Waals surface area contributed by atoms with Crippen LogP contribution in [0.4, 0.5) is 4.79 Å². The van der Waals surface area contributed by atoms with E-state index in [-0.39, 0.29) is 25.4 Å². The number of carbonyl (C=O) groups is 3. The number of esters is 1. The number of ketones is 1. The van der Waals surface area contributed by atoms with E-state index in [0.29, 0.717) is 17.1 Å². The molecular weight excluding hydrogens is 426 g/mol. The number of amides is 1. The molecule has 2 aromatic carbocycles. The zero-order chi connectivity index (χ0) is 24.4. The van der Waals surface area contributed by atoms with Crippen molar-refractivity contribution in [2.24, 2.45) is 0 Å². The number of hydrogen-bond acceptors (Lipinski definition) is 7. The molecule has 178 valence electrons. The van der Waals surface area contributed by atoms with Gasteiger partial charge in [-0.1, -0.05) is 12.1 Å². The van der Waals surface area contributed by atoms with Gasteiger partial charge in [-0.25, -0.2) is 9.59 Å². The minimum Gasteiger partial charge on any atom is -0.497 e. The number of Topliss-reactive ketones (excluding diaryl/α,β-unsaturated/α-hetero) is 1. The van der Waals surface area contributed by atoms with E-state index in [1.54, 1.807) is 76.4 Å². The summed E-state index contributed by atoms with van der Waals surface area (Å²) in [5.74, 6) is 0.598. The highest BCUT2D eigenvalue weighted by atomic mass is 16.6. The van der Waals surface area contributed by atoms with E-state index >= 15 is 0 Å². The van der Waals surface area contributed by atoms with Crippen molar-refractivity contribution in [1.82, 2.24) is 5.32 Å². The Morgan fingerprint density at radius 2 is 1.55 bits per heavy atom. The van der Waals surface area contributed by atoms with Gasteiger partial charge in [-0.3, -0.25) is 4.79 Å². The van der Waals surface area contributed by atoms with Gasteiger partial charge in [0.2, 0.25) is 0 Å². The Kier molecular flexibility index (Phi) is 9.27. The molecule has 33 heavy (non-hydrogen) atoms. The van der Waals surface area contributed by atoms with Gasteiger partial charge in [-0.05, 0) is 69.7 Å². The second-order valence-corrected chi connectivity index (χ2v) is 8.37. The summed E-state index contributed by atoms with van der Waals surface area (Å²) in [6.07, 6.45) is -0.561. The molecule has 8 nitrogen and oxygen atoms in total. The molecule has 1 atom stereocenters. The Balaban J connectivity index is 1.97. The van der Waals surface area contributed by atoms with Crippen LogP contribution in [0.5, 0.6) is 11.5 Å². The topological polar surface area (TPSA) is 100 Å². The first kappa shape index (κ1) is 25.7. The Bertz CT molecular complexity index is 931. The Morgan fingerprint density at radius 1 is 0.939 bits per heavy atom. The molecule has 0 saturated heterocycles. The van der Waals surface area contributed by atoms with Crippen molar-refractivity contribution in [2.45, 2.75) is 52.4 Å². The van der Waals surface area contributed by atoms with E-state index in [9.17, 15) is 14.4 Å². The van der Waals surface area contributed by atoms with E-state index in [2.05, 4.69) is 5.32 Å². The lowest BCUT2D eigenvalue weighted by Gasteiger charge is -2.23. The molecule has 1 amide bonds. The van der Waals surface area contributed by atoms with Crippen molar-refractivity contribution in [1.29, 1.82) is 0 Å². The second-order valence-electron chi connectivity index (χ2n) is 8.37. The number of ether oxygens (including phenoxy) is 4. The van der Waals surface area contributed by atoms with Crippen molar-refractivity contribution in [3.8, 4) is 11.5 Å².